The van der Waals surface area contributed by atoms with Gasteiger partial charge in [-0.25, -0.2) is 0 Å². The predicted molar refractivity (Wildman–Crippen MR) is 101 cm³/mol. The number of hydrogen-bond acceptors (Lipinski definition) is 1. The number of unbranched alkanes of at least 4 members (excludes halogenated alkanes) is 10. The summed E-state index contributed by atoms with van der Waals surface area (Å²) in [6.45, 7) is 6.44. The van der Waals surface area contributed by atoms with E-state index in [1.54, 1.807) is 0 Å². The molecule has 0 amide bonds. The van der Waals surface area contributed by atoms with Crippen molar-refractivity contribution in [3.8, 4) is 0 Å². The summed E-state index contributed by atoms with van der Waals surface area (Å²) < 4.78 is 0. The number of hydrogen-bond donors (Lipinski definition) is 0. The maximum atomic E-state index is 12.2. The normalized spacial score (nSPS) is 10.9. The summed E-state index contributed by atoms with van der Waals surface area (Å²) in [5.41, 5.74) is 3.37. The first-order valence-corrected chi connectivity index (χ1v) is 9.75. The number of rotatable bonds is 13. The lowest BCUT2D eigenvalue weighted by atomic mass is 9.99. The third-order valence-corrected chi connectivity index (χ3v) is 4.84. The molecule has 130 valence electrons. The number of ketones is 1. The van der Waals surface area contributed by atoms with Crippen LogP contribution in [-0.4, -0.2) is 5.78 Å². The second-order valence-electron chi connectivity index (χ2n) is 7.01. The summed E-state index contributed by atoms with van der Waals surface area (Å²) in [7, 11) is 0. The summed E-state index contributed by atoms with van der Waals surface area (Å²) in [6.07, 6.45) is 15.3. The van der Waals surface area contributed by atoms with Crippen molar-refractivity contribution in [1.29, 1.82) is 0 Å². The summed E-state index contributed by atoms with van der Waals surface area (Å²) in [6, 6.07) is 6.07. The van der Waals surface area contributed by atoms with Gasteiger partial charge in [0.1, 0.15) is 0 Å². The van der Waals surface area contributed by atoms with Crippen LogP contribution in [0.4, 0.5) is 0 Å². The highest BCUT2D eigenvalue weighted by atomic mass is 16.1. The van der Waals surface area contributed by atoms with E-state index < -0.39 is 0 Å². The maximum Gasteiger partial charge on any atom is 0.162 e. The van der Waals surface area contributed by atoms with Crippen molar-refractivity contribution in [3.63, 3.8) is 0 Å². The quantitative estimate of drug-likeness (QED) is 0.278. The average molecular weight is 317 g/mol. The van der Waals surface area contributed by atoms with E-state index in [0.717, 1.165) is 12.0 Å². The molecule has 0 aliphatic heterocycles. The molecule has 0 heterocycles. The van der Waals surface area contributed by atoms with Gasteiger partial charge in [-0.05, 0) is 37.5 Å². The second kappa shape index (κ2) is 12.3. The van der Waals surface area contributed by atoms with E-state index in [-0.39, 0.29) is 0 Å². The molecule has 0 radical (unpaired) electrons. The Morgan fingerprint density at radius 1 is 0.739 bits per heavy atom. The third-order valence-electron chi connectivity index (χ3n) is 4.84. The first-order valence-electron chi connectivity index (χ1n) is 9.75. The van der Waals surface area contributed by atoms with Gasteiger partial charge in [0, 0.05) is 12.0 Å². The van der Waals surface area contributed by atoms with E-state index in [9.17, 15) is 4.79 Å². The Morgan fingerprint density at radius 2 is 1.26 bits per heavy atom. The van der Waals surface area contributed by atoms with Gasteiger partial charge in [0.15, 0.2) is 5.78 Å². The Morgan fingerprint density at radius 3 is 1.78 bits per heavy atom. The highest BCUT2D eigenvalue weighted by Crippen LogP contribution is 2.15. The largest absolute Gasteiger partial charge is 0.294 e. The molecular weight excluding hydrogens is 280 g/mol. The monoisotopic (exact) mass is 316 g/mol. The zero-order valence-electron chi connectivity index (χ0n) is 15.6. The highest BCUT2D eigenvalue weighted by Gasteiger charge is 2.06. The molecule has 0 aliphatic carbocycles. The van der Waals surface area contributed by atoms with Gasteiger partial charge in [0.05, 0.1) is 0 Å². The molecule has 0 spiro atoms. The Labute approximate surface area is 143 Å². The van der Waals surface area contributed by atoms with Gasteiger partial charge >= 0.3 is 0 Å². The fourth-order valence-electron chi connectivity index (χ4n) is 3.01. The molecule has 0 N–H and O–H groups in total. The second-order valence-corrected chi connectivity index (χ2v) is 7.01. The summed E-state index contributed by atoms with van der Waals surface area (Å²) in [5, 5.41) is 0. The molecule has 1 rings (SSSR count). The first kappa shape index (κ1) is 19.9. The van der Waals surface area contributed by atoms with E-state index in [0.29, 0.717) is 12.2 Å². The minimum Gasteiger partial charge on any atom is -0.294 e. The van der Waals surface area contributed by atoms with Crippen LogP contribution in [-0.2, 0) is 0 Å². The van der Waals surface area contributed by atoms with Crippen LogP contribution in [0.5, 0.6) is 0 Å². The third kappa shape index (κ3) is 8.93. The molecule has 0 saturated carbocycles. The molecule has 0 bridgehead atoms. The predicted octanol–water partition coefficient (Wildman–Crippen LogP) is 7.19. The lowest BCUT2D eigenvalue weighted by Crippen LogP contribution is -2.00. The lowest BCUT2D eigenvalue weighted by Gasteiger charge is -2.05. The van der Waals surface area contributed by atoms with Crippen molar-refractivity contribution in [2.75, 3.05) is 0 Å². The summed E-state index contributed by atoms with van der Waals surface area (Å²) >= 11 is 0. The van der Waals surface area contributed by atoms with Gasteiger partial charge in [-0.15, -0.1) is 0 Å². The number of carbonyl (C=O) groups excluding carboxylic acids is 1. The molecular formula is C22H36O. The Kier molecular flexibility index (Phi) is 10.7. The number of Topliss-reactive ketones (excluding diaryl/α,β-unsaturated/α-hetero) is 1. The zero-order chi connectivity index (χ0) is 16.9. The number of carbonyl (C=O) groups is 1. The fourth-order valence-corrected chi connectivity index (χ4v) is 3.01. The van der Waals surface area contributed by atoms with E-state index in [4.69, 9.17) is 0 Å². The number of benzene rings is 1. The van der Waals surface area contributed by atoms with Crippen LogP contribution >= 0.6 is 0 Å². The van der Waals surface area contributed by atoms with Crippen molar-refractivity contribution in [1.82, 2.24) is 0 Å². The van der Waals surface area contributed by atoms with Crippen LogP contribution in [0.15, 0.2) is 18.2 Å². The van der Waals surface area contributed by atoms with E-state index in [2.05, 4.69) is 26.8 Å². The smallest absolute Gasteiger partial charge is 0.162 e. The van der Waals surface area contributed by atoms with Crippen molar-refractivity contribution < 1.29 is 4.79 Å². The summed E-state index contributed by atoms with van der Waals surface area (Å²) in [5.74, 6) is 0.309. The molecule has 0 unspecified atom stereocenters. The van der Waals surface area contributed by atoms with Gasteiger partial charge in [-0.2, -0.15) is 0 Å². The van der Waals surface area contributed by atoms with Crippen molar-refractivity contribution in [3.05, 3.63) is 34.9 Å². The Hall–Kier alpha value is -1.11. The first-order chi connectivity index (χ1) is 11.1. The van der Waals surface area contributed by atoms with Crippen LogP contribution < -0.4 is 0 Å². The van der Waals surface area contributed by atoms with E-state index in [1.165, 1.54) is 75.3 Å². The van der Waals surface area contributed by atoms with Gasteiger partial charge in [-0.3, -0.25) is 4.79 Å². The summed E-state index contributed by atoms with van der Waals surface area (Å²) in [4.78, 5) is 12.2. The van der Waals surface area contributed by atoms with Crippen molar-refractivity contribution in [2.24, 2.45) is 0 Å². The van der Waals surface area contributed by atoms with Crippen LogP contribution in [0.3, 0.4) is 0 Å². The maximum absolute atomic E-state index is 12.2. The van der Waals surface area contributed by atoms with Crippen LogP contribution in [0.1, 0.15) is 105 Å². The fraction of sp³-hybridized carbons (Fsp3) is 0.682. The molecule has 23 heavy (non-hydrogen) atoms. The van der Waals surface area contributed by atoms with Gasteiger partial charge < -0.3 is 0 Å². The van der Waals surface area contributed by atoms with Crippen LogP contribution in [0, 0.1) is 13.8 Å². The standard InChI is InChI=1S/C22H36O/c1-4-5-6-7-8-9-10-11-12-13-14-15-22(23)21-17-16-19(2)20(3)18-21/h16-18H,4-15H2,1-3H3. The molecule has 1 aromatic rings. The molecule has 0 aromatic heterocycles. The van der Waals surface area contributed by atoms with Crippen molar-refractivity contribution >= 4 is 5.78 Å². The van der Waals surface area contributed by atoms with Crippen molar-refractivity contribution in [2.45, 2.75) is 97.8 Å². The molecule has 1 aromatic carbocycles. The lowest BCUT2D eigenvalue weighted by molar-refractivity contribution is 0.0979. The zero-order valence-corrected chi connectivity index (χ0v) is 15.6. The van der Waals surface area contributed by atoms with E-state index >= 15 is 0 Å². The van der Waals surface area contributed by atoms with Gasteiger partial charge in [0.2, 0.25) is 0 Å². The molecule has 0 atom stereocenters. The van der Waals surface area contributed by atoms with E-state index in [1.807, 2.05) is 12.1 Å². The Bertz CT molecular complexity index is 447. The Balaban J connectivity index is 2.00. The molecule has 0 saturated heterocycles. The molecule has 0 aliphatic rings. The minimum absolute atomic E-state index is 0.309. The average Bonchev–Trinajstić information content (AvgIpc) is 2.55. The molecule has 1 heteroatoms. The van der Waals surface area contributed by atoms with Crippen LogP contribution in [0.2, 0.25) is 0 Å². The molecule has 1 nitrogen and oxygen atoms in total. The minimum atomic E-state index is 0.309. The highest BCUT2D eigenvalue weighted by molar-refractivity contribution is 5.96. The number of aryl methyl sites for hydroxylation is 2. The van der Waals surface area contributed by atoms with Gasteiger partial charge in [0.25, 0.3) is 0 Å². The topological polar surface area (TPSA) is 17.1 Å². The SMILES string of the molecule is CCCCCCCCCCCCCC(=O)c1ccc(C)c(C)c1. The van der Waals surface area contributed by atoms with Crippen LogP contribution in [0.25, 0.3) is 0 Å². The molecule has 0 fully saturated rings. The van der Waals surface area contributed by atoms with Gasteiger partial charge in [-0.1, -0.05) is 83.3 Å².